The van der Waals surface area contributed by atoms with E-state index in [0.29, 0.717) is 6.42 Å². The summed E-state index contributed by atoms with van der Waals surface area (Å²) in [5.41, 5.74) is 1.95. The zero-order chi connectivity index (χ0) is 18.7. The Balaban J connectivity index is 1.96. The molecule has 0 atom stereocenters. The van der Waals surface area contributed by atoms with E-state index in [-0.39, 0.29) is 22.2 Å². The molecular weight excluding hydrogens is 360 g/mol. The molecule has 1 aliphatic rings. The predicted molar refractivity (Wildman–Crippen MR) is 96.8 cm³/mol. The summed E-state index contributed by atoms with van der Waals surface area (Å²) in [6.45, 7) is 1.95. The van der Waals surface area contributed by atoms with E-state index in [1.165, 1.54) is 0 Å². The minimum Gasteiger partial charge on any atom is -0.402 e. The summed E-state index contributed by atoms with van der Waals surface area (Å²) in [6.07, 6.45) is 4.21. The molecule has 26 heavy (non-hydrogen) atoms. The third-order valence-electron chi connectivity index (χ3n) is 3.74. The quantitative estimate of drug-likeness (QED) is 0.414. The first kappa shape index (κ1) is 18.0. The maximum atomic E-state index is 13.5. The number of carbonyl (C=O) groups is 1. The van der Waals surface area contributed by atoms with E-state index in [2.05, 4.69) is 4.99 Å². The third kappa shape index (κ3) is 3.89. The molecule has 0 N–H and O–H groups in total. The molecular formula is C20H14ClF2NO2. The van der Waals surface area contributed by atoms with Crippen molar-refractivity contribution >= 4 is 29.5 Å². The summed E-state index contributed by atoms with van der Waals surface area (Å²) in [5.74, 6) is -3.01. The zero-order valence-electron chi connectivity index (χ0n) is 13.8. The number of allylic oxidation sites excluding steroid dienone is 2. The van der Waals surface area contributed by atoms with Crippen LogP contribution in [-0.2, 0) is 9.53 Å². The van der Waals surface area contributed by atoms with Gasteiger partial charge in [-0.3, -0.25) is 0 Å². The summed E-state index contributed by atoms with van der Waals surface area (Å²) in [5, 5.41) is -0.0905. The number of nitrogens with zero attached hydrogens (tertiary/aromatic N) is 1. The van der Waals surface area contributed by atoms with Gasteiger partial charge in [0.05, 0.1) is 10.6 Å². The summed E-state index contributed by atoms with van der Waals surface area (Å²) in [7, 11) is 0. The largest absolute Gasteiger partial charge is 0.402 e. The fourth-order valence-electron chi connectivity index (χ4n) is 2.40. The Morgan fingerprint density at radius 1 is 1.19 bits per heavy atom. The highest BCUT2D eigenvalue weighted by Crippen LogP contribution is 2.26. The van der Waals surface area contributed by atoms with Gasteiger partial charge in [-0.05, 0) is 35.8 Å². The summed E-state index contributed by atoms with van der Waals surface area (Å²) >= 11 is 5.91. The second-order valence-corrected chi connectivity index (χ2v) is 5.97. The Morgan fingerprint density at radius 3 is 2.58 bits per heavy atom. The van der Waals surface area contributed by atoms with Crippen LogP contribution in [0.3, 0.4) is 0 Å². The van der Waals surface area contributed by atoms with E-state index in [9.17, 15) is 13.6 Å². The van der Waals surface area contributed by atoms with Gasteiger partial charge in [-0.2, -0.15) is 0 Å². The molecule has 0 amide bonds. The van der Waals surface area contributed by atoms with Crippen LogP contribution in [0.25, 0.3) is 6.08 Å². The number of rotatable bonds is 4. The van der Waals surface area contributed by atoms with Crippen molar-refractivity contribution in [3.63, 3.8) is 0 Å². The molecule has 3 nitrogen and oxygen atoms in total. The molecule has 3 rings (SSSR count). The molecule has 0 unspecified atom stereocenters. The van der Waals surface area contributed by atoms with Gasteiger partial charge in [0, 0.05) is 0 Å². The van der Waals surface area contributed by atoms with E-state index >= 15 is 0 Å². The Kier molecular flexibility index (Phi) is 5.28. The Labute approximate surface area is 154 Å². The lowest BCUT2D eigenvalue weighted by molar-refractivity contribution is -0.130. The Bertz CT molecular complexity index is 950. The second-order valence-electron chi connectivity index (χ2n) is 5.57. The molecule has 0 bridgehead atoms. The van der Waals surface area contributed by atoms with Gasteiger partial charge in [0.1, 0.15) is 0 Å². The predicted octanol–water partition coefficient (Wildman–Crippen LogP) is 5.30. The van der Waals surface area contributed by atoms with Gasteiger partial charge in [-0.15, -0.1) is 0 Å². The molecule has 0 spiro atoms. The maximum absolute atomic E-state index is 13.5. The minimum absolute atomic E-state index is 0.0207. The molecule has 1 heterocycles. The fraction of sp³-hybridized carbons (Fsp3) is 0.100. The van der Waals surface area contributed by atoms with Gasteiger partial charge in [-0.25, -0.2) is 18.6 Å². The van der Waals surface area contributed by atoms with Gasteiger partial charge in [0.15, 0.2) is 17.3 Å². The lowest BCUT2D eigenvalue weighted by Crippen LogP contribution is -2.07. The number of benzene rings is 2. The highest BCUT2D eigenvalue weighted by Gasteiger charge is 2.26. The molecule has 0 saturated heterocycles. The number of hydrogen-bond donors (Lipinski definition) is 0. The number of ether oxygens (including phenoxy) is 1. The molecule has 0 aliphatic carbocycles. The van der Waals surface area contributed by atoms with E-state index in [1.54, 1.807) is 6.08 Å². The molecule has 0 saturated carbocycles. The first-order valence-electron chi connectivity index (χ1n) is 7.91. The molecule has 0 fully saturated rings. The van der Waals surface area contributed by atoms with Crippen LogP contribution in [0, 0.1) is 11.6 Å². The molecule has 2 aromatic carbocycles. The van der Waals surface area contributed by atoms with Crippen molar-refractivity contribution in [1.29, 1.82) is 0 Å². The van der Waals surface area contributed by atoms with Gasteiger partial charge in [0.25, 0.3) is 0 Å². The van der Waals surface area contributed by atoms with Crippen molar-refractivity contribution in [2.45, 2.75) is 13.3 Å². The van der Waals surface area contributed by atoms with Crippen LogP contribution in [0.2, 0.25) is 5.02 Å². The highest BCUT2D eigenvalue weighted by atomic mass is 35.5. The van der Waals surface area contributed by atoms with E-state index in [4.69, 9.17) is 16.3 Å². The number of halogens is 3. The average Bonchev–Trinajstić information content (AvgIpc) is 2.98. The highest BCUT2D eigenvalue weighted by molar-refractivity contribution is 6.34. The average molecular weight is 374 g/mol. The second kappa shape index (κ2) is 7.62. The topological polar surface area (TPSA) is 38.7 Å². The van der Waals surface area contributed by atoms with Crippen molar-refractivity contribution in [3.8, 4) is 0 Å². The number of carbonyl (C=O) groups excluding carboxylic acids is 1. The first-order chi connectivity index (χ1) is 12.5. The van der Waals surface area contributed by atoms with Crippen LogP contribution in [0.15, 0.2) is 64.8 Å². The van der Waals surface area contributed by atoms with Crippen LogP contribution < -0.4 is 0 Å². The Hall–Kier alpha value is -2.79. The van der Waals surface area contributed by atoms with Gasteiger partial charge >= 0.3 is 5.97 Å². The molecule has 0 aromatic heterocycles. The molecule has 132 valence electrons. The smallest absolute Gasteiger partial charge is 0.363 e. The normalized spacial score (nSPS) is 16.0. The van der Waals surface area contributed by atoms with Crippen molar-refractivity contribution in [2.24, 2.45) is 4.99 Å². The van der Waals surface area contributed by atoms with Gasteiger partial charge < -0.3 is 4.74 Å². The number of aliphatic imine (C=N–C) groups is 1. The first-order valence-corrected chi connectivity index (χ1v) is 8.29. The molecule has 2 aromatic rings. The van der Waals surface area contributed by atoms with Gasteiger partial charge in [0.2, 0.25) is 5.90 Å². The lowest BCUT2D eigenvalue weighted by atomic mass is 10.1. The van der Waals surface area contributed by atoms with Crippen molar-refractivity contribution in [3.05, 3.63) is 87.6 Å². The lowest BCUT2D eigenvalue weighted by Gasteiger charge is -2.03. The van der Waals surface area contributed by atoms with Crippen LogP contribution in [0.4, 0.5) is 8.78 Å². The van der Waals surface area contributed by atoms with Crippen LogP contribution in [0.1, 0.15) is 24.5 Å². The van der Waals surface area contributed by atoms with E-state index < -0.39 is 17.6 Å². The number of esters is 1. The van der Waals surface area contributed by atoms with Crippen LogP contribution in [0.5, 0.6) is 0 Å². The summed E-state index contributed by atoms with van der Waals surface area (Å²) < 4.78 is 31.7. The Morgan fingerprint density at radius 2 is 1.88 bits per heavy atom. The van der Waals surface area contributed by atoms with E-state index in [0.717, 1.165) is 23.3 Å². The standard InChI is InChI=1S/C20H14ClF2NO2/c1-2-12(8-13-6-4-3-5-7-13)9-18-20(25)26-19(24-18)14-10-16(22)17(23)11-15(14)21/h3-11H,2H2,1H3/b12-8+,18-9-. The monoisotopic (exact) mass is 373 g/mol. The maximum Gasteiger partial charge on any atom is 0.363 e. The number of cyclic esters (lactones) is 1. The molecule has 1 aliphatic heterocycles. The van der Waals surface area contributed by atoms with Crippen molar-refractivity contribution in [2.75, 3.05) is 0 Å². The number of hydrogen-bond acceptors (Lipinski definition) is 3. The van der Waals surface area contributed by atoms with E-state index in [1.807, 2.05) is 43.3 Å². The SMILES string of the molecule is CCC(/C=C1\N=C(c2cc(F)c(F)cc2Cl)OC1=O)=C\c1ccccc1. The van der Waals surface area contributed by atoms with Crippen LogP contribution in [-0.4, -0.2) is 11.9 Å². The third-order valence-corrected chi connectivity index (χ3v) is 4.06. The molecule has 6 heteroatoms. The minimum atomic E-state index is -1.10. The zero-order valence-corrected chi connectivity index (χ0v) is 14.6. The van der Waals surface area contributed by atoms with Crippen LogP contribution >= 0.6 is 11.6 Å². The fourth-order valence-corrected chi connectivity index (χ4v) is 2.63. The summed E-state index contributed by atoms with van der Waals surface area (Å²) in [6, 6.07) is 11.3. The summed E-state index contributed by atoms with van der Waals surface area (Å²) in [4.78, 5) is 16.2. The molecule has 0 radical (unpaired) electrons. The van der Waals surface area contributed by atoms with Gasteiger partial charge in [-0.1, -0.05) is 54.9 Å². The van der Waals surface area contributed by atoms with Crippen molar-refractivity contribution in [1.82, 2.24) is 0 Å². The van der Waals surface area contributed by atoms with Crippen molar-refractivity contribution < 1.29 is 18.3 Å².